The van der Waals surface area contributed by atoms with Crippen LogP contribution in [0.4, 0.5) is 0 Å². The highest BCUT2D eigenvalue weighted by molar-refractivity contribution is 6.42. The summed E-state index contributed by atoms with van der Waals surface area (Å²) < 4.78 is 8.76. The average Bonchev–Trinajstić information content (AvgIpc) is 2.56. The molecule has 0 aromatic carbocycles. The van der Waals surface area contributed by atoms with Crippen LogP contribution in [0.2, 0.25) is 0 Å². The second kappa shape index (κ2) is 8.34. The Morgan fingerprint density at radius 1 is 0.955 bits per heavy atom. The van der Waals surface area contributed by atoms with E-state index in [0.717, 1.165) is 0 Å². The average molecular weight is 313 g/mol. The largest absolute Gasteiger partial charge is 0.469 e. The number of amides is 1. The van der Waals surface area contributed by atoms with Crippen molar-refractivity contribution in [2.24, 2.45) is 10.2 Å². The minimum Gasteiger partial charge on any atom is -0.469 e. The summed E-state index contributed by atoms with van der Waals surface area (Å²) in [5, 5.41) is 9.47. The zero-order valence-corrected chi connectivity index (χ0v) is 12.0. The molecule has 3 N–H and O–H groups in total. The highest BCUT2D eigenvalue weighted by Gasteiger charge is 2.20. The molecule has 0 fully saturated rings. The first-order valence-corrected chi connectivity index (χ1v) is 6.10. The third kappa shape index (κ3) is 5.19. The van der Waals surface area contributed by atoms with Crippen molar-refractivity contribution >= 4 is 35.3 Å². The van der Waals surface area contributed by atoms with Crippen molar-refractivity contribution in [3.05, 3.63) is 0 Å². The number of hydrazone groups is 2. The number of ether oxygens (including phenoxy) is 2. The molecule has 22 heavy (non-hydrogen) atoms. The zero-order chi connectivity index (χ0) is 16.5. The van der Waals surface area contributed by atoms with Crippen LogP contribution in [0.3, 0.4) is 0 Å². The summed E-state index contributed by atoms with van der Waals surface area (Å²) in [6, 6.07) is 0. The molecule has 0 spiro atoms. The number of methoxy groups -OCH3 is 2. The Hall–Kier alpha value is -2.98. The maximum absolute atomic E-state index is 11.7. The molecular weight excluding hydrogens is 298 g/mol. The maximum atomic E-state index is 11.7. The Morgan fingerprint density at radius 2 is 1.55 bits per heavy atom. The molecule has 0 aromatic rings. The first kappa shape index (κ1) is 17.1. The molecule has 1 rings (SSSR count). The van der Waals surface area contributed by atoms with Crippen LogP contribution in [0.5, 0.6) is 0 Å². The van der Waals surface area contributed by atoms with Gasteiger partial charge in [0.15, 0.2) is 0 Å². The molecule has 0 saturated heterocycles. The normalized spacial score (nSPS) is 12.8. The molecule has 1 amide bonds. The number of carbonyl (C=O) groups excluding carboxylic acids is 4. The number of hydrogen-bond donors (Lipinski definition) is 3. The van der Waals surface area contributed by atoms with Gasteiger partial charge in [-0.15, -0.1) is 5.10 Å². The van der Waals surface area contributed by atoms with Gasteiger partial charge in [0.2, 0.25) is 17.5 Å². The van der Waals surface area contributed by atoms with Gasteiger partial charge in [-0.2, -0.15) is 5.10 Å². The summed E-state index contributed by atoms with van der Waals surface area (Å²) in [5.74, 6) is -2.70. The number of amidine groups is 2. The zero-order valence-electron chi connectivity index (χ0n) is 12.0. The van der Waals surface area contributed by atoms with E-state index in [-0.39, 0.29) is 31.1 Å². The molecule has 0 unspecified atom stereocenters. The summed E-state index contributed by atoms with van der Waals surface area (Å²) in [4.78, 5) is 45.1. The molecule has 0 bridgehead atoms. The molecule has 0 aromatic heterocycles. The predicted octanol–water partition coefficient (Wildman–Crippen LogP) is -2.38. The van der Waals surface area contributed by atoms with Gasteiger partial charge in [-0.05, 0) is 0 Å². The first-order valence-electron chi connectivity index (χ1n) is 6.10. The summed E-state index contributed by atoms with van der Waals surface area (Å²) in [6.45, 7) is -0.329. The van der Waals surface area contributed by atoms with Crippen LogP contribution >= 0.6 is 0 Å². The fourth-order valence-electron chi connectivity index (χ4n) is 1.24. The van der Waals surface area contributed by atoms with Crippen LogP contribution < -0.4 is 16.2 Å². The lowest BCUT2D eigenvalue weighted by Gasteiger charge is -2.13. The monoisotopic (exact) mass is 313 g/mol. The molecule has 0 aliphatic carbocycles. The van der Waals surface area contributed by atoms with Gasteiger partial charge < -0.3 is 14.8 Å². The van der Waals surface area contributed by atoms with Crippen LogP contribution in [0.1, 0.15) is 12.8 Å². The van der Waals surface area contributed by atoms with Crippen molar-refractivity contribution in [2.75, 3.05) is 20.8 Å². The molecule has 1 aliphatic heterocycles. The van der Waals surface area contributed by atoms with Gasteiger partial charge in [0.05, 0.1) is 20.6 Å². The minimum absolute atomic E-state index is 0.0911. The van der Waals surface area contributed by atoms with Crippen molar-refractivity contribution < 1.29 is 28.7 Å². The molecule has 0 atom stereocenters. The van der Waals surface area contributed by atoms with Crippen molar-refractivity contribution in [1.82, 2.24) is 16.2 Å². The smallest absolute Gasteiger partial charge is 0.325 e. The molecule has 1 aliphatic rings. The van der Waals surface area contributed by atoms with Crippen LogP contribution in [0, 0.1) is 0 Å². The lowest BCUT2D eigenvalue weighted by atomic mass is 10.2. The molecule has 11 nitrogen and oxygen atoms in total. The van der Waals surface area contributed by atoms with Crippen molar-refractivity contribution in [2.45, 2.75) is 12.8 Å². The fraction of sp³-hybridized carbons (Fsp3) is 0.455. The van der Waals surface area contributed by atoms with Gasteiger partial charge in [-0.25, -0.2) is 0 Å². The number of nitrogens with one attached hydrogen (secondary N) is 3. The second-order valence-corrected chi connectivity index (χ2v) is 3.90. The van der Waals surface area contributed by atoms with Crippen molar-refractivity contribution in [3.8, 4) is 0 Å². The van der Waals surface area contributed by atoms with E-state index in [1.807, 2.05) is 0 Å². The van der Waals surface area contributed by atoms with E-state index >= 15 is 0 Å². The molecule has 0 radical (unpaired) electrons. The summed E-state index contributed by atoms with van der Waals surface area (Å²) in [7, 11) is 2.40. The second-order valence-electron chi connectivity index (χ2n) is 3.90. The van der Waals surface area contributed by atoms with E-state index in [0.29, 0.717) is 0 Å². The third-order valence-electron chi connectivity index (χ3n) is 2.43. The Balaban J connectivity index is 2.43. The number of ketones is 1. The van der Waals surface area contributed by atoms with E-state index in [1.54, 1.807) is 0 Å². The van der Waals surface area contributed by atoms with Crippen LogP contribution in [0.15, 0.2) is 10.2 Å². The summed E-state index contributed by atoms with van der Waals surface area (Å²) in [6.07, 6.45) is -0.203. The Labute approximate surface area is 125 Å². The summed E-state index contributed by atoms with van der Waals surface area (Å²) in [5.41, 5.74) is 4.56. The van der Waals surface area contributed by atoms with Gasteiger partial charge in [0, 0.05) is 6.42 Å². The standard InChI is InChI=1S/C11H15N5O6/c1-21-7(18)4-3-6(17)9-13-15-10(16-14-9)11(20)12-5-8(19)22-2/h3-5H2,1-2H3,(H,12,20)(H,13,14)(H,15,16). The van der Waals surface area contributed by atoms with Gasteiger partial charge in [0.1, 0.15) is 6.54 Å². The van der Waals surface area contributed by atoms with Gasteiger partial charge in [0.25, 0.3) is 5.91 Å². The number of nitrogens with zero attached hydrogens (tertiary/aromatic N) is 2. The number of rotatable bonds is 7. The lowest BCUT2D eigenvalue weighted by molar-refractivity contribution is -0.141. The molecular formula is C11H15N5O6. The highest BCUT2D eigenvalue weighted by atomic mass is 16.5. The van der Waals surface area contributed by atoms with E-state index in [4.69, 9.17) is 0 Å². The third-order valence-corrected chi connectivity index (χ3v) is 2.43. The lowest BCUT2D eigenvalue weighted by Crippen LogP contribution is -2.46. The number of Topliss-reactive ketones (excluding diaryl/α,β-unsaturated/α-hetero) is 1. The number of carbonyl (C=O) groups is 4. The van der Waals surface area contributed by atoms with Gasteiger partial charge >= 0.3 is 11.9 Å². The molecule has 120 valence electrons. The van der Waals surface area contributed by atoms with E-state index in [1.165, 1.54) is 14.2 Å². The summed E-state index contributed by atoms with van der Waals surface area (Å²) >= 11 is 0. The van der Waals surface area contributed by atoms with Crippen LogP contribution in [0.25, 0.3) is 0 Å². The maximum Gasteiger partial charge on any atom is 0.325 e. The number of esters is 2. The topological polar surface area (TPSA) is 148 Å². The van der Waals surface area contributed by atoms with E-state index in [2.05, 4.69) is 35.8 Å². The Bertz CT molecular complexity index is 493. The van der Waals surface area contributed by atoms with Crippen molar-refractivity contribution in [3.63, 3.8) is 0 Å². The highest BCUT2D eigenvalue weighted by Crippen LogP contribution is 1.96. The number of hydrogen-bond acceptors (Lipinski definition) is 10. The predicted molar refractivity (Wildman–Crippen MR) is 72.4 cm³/mol. The SMILES string of the molecule is COC(=O)CCC(=O)C1=NNC(C(=O)NCC(=O)OC)=NN1. The van der Waals surface area contributed by atoms with E-state index < -0.39 is 23.6 Å². The first-order chi connectivity index (χ1) is 10.5. The Morgan fingerprint density at radius 3 is 2.09 bits per heavy atom. The quantitative estimate of drug-likeness (QED) is 0.441. The molecule has 0 saturated carbocycles. The van der Waals surface area contributed by atoms with Gasteiger partial charge in [-0.1, -0.05) is 0 Å². The molecule has 11 heteroatoms. The van der Waals surface area contributed by atoms with Gasteiger partial charge in [-0.3, -0.25) is 30.0 Å². The van der Waals surface area contributed by atoms with Crippen LogP contribution in [-0.4, -0.2) is 56.1 Å². The van der Waals surface area contributed by atoms with Crippen molar-refractivity contribution in [1.29, 1.82) is 0 Å². The van der Waals surface area contributed by atoms with Crippen LogP contribution in [-0.2, 0) is 28.7 Å². The molecule has 1 heterocycles. The van der Waals surface area contributed by atoms with E-state index in [9.17, 15) is 19.2 Å². The fourth-order valence-corrected chi connectivity index (χ4v) is 1.24. The minimum atomic E-state index is -0.706. The Kier molecular flexibility index (Phi) is 6.47.